The predicted molar refractivity (Wildman–Crippen MR) is 97.7 cm³/mol. The second-order valence-electron chi connectivity index (χ2n) is 8.20. The number of fused-ring (bicyclic) bond motifs is 1. The number of halogens is 1. The highest BCUT2D eigenvalue weighted by Gasteiger charge is 2.68. The van der Waals surface area contributed by atoms with Gasteiger partial charge in [-0.1, -0.05) is 26.0 Å². The lowest BCUT2D eigenvalue weighted by molar-refractivity contribution is -0.136. The third-order valence-electron chi connectivity index (χ3n) is 6.17. The lowest BCUT2D eigenvalue weighted by Crippen LogP contribution is -2.44. The minimum Gasteiger partial charge on any atom is -0.394 e. The number of nitrogens with one attached hydrogen (secondary N) is 1. The van der Waals surface area contributed by atoms with Crippen molar-refractivity contribution in [2.45, 2.75) is 45.2 Å². The summed E-state index contributed by atoms with van der Waals surface area (Å²) in [5.74, 6) is -0.286. The number of aliphatic hydroxyl groups is 1. The number of aliphatic hydroxyl groups excluding tert-OH is 1. The first-order valence-corrected chi connectivity index (χ1v) is 9.27. The number of hydrogen-bond donors (Lipinski definition) is 2. The van der Waals surface area contributed by atoms with Crippen molar-refractivity contribution in [1.82, 2.24) is 14.7 Å². The Balaban J connectivity index is 1.64. The van der Waals surface area contributed by atoms with Gasteiger partial charge >= 0.3 is 0 Å². The number of carbonyl (C=O) groups is 1. The summed E-state index contributed by atoms with van der Waals surface area (Å²) in [6.45, 7) is 5.04. The quantitative estimate of drug-likeness (QED) is 0.854. The number of aromatic amines is 1. The van der Waals surface area contributed by atoms with E-state index in [1.165, 1.54) is 16.8 Å². The van der Waals surface area contributed by atoms with Crippen LogP contribution in [0.1, 0.15) is 37.1 Å². The Morgan fingerprint density at radius 1 is 1.30 bits per heavy atom. The van der Waals surface area contributed by atoms with Gasteiger partial charge in [0.05, 0.1) is 30.8 Å². The maximum absolute atomic E-state index is 13.5. The molecule has 4 rings (SSSR count). The highest BCUT2D eigenvalue weighted by atomic mass is 19.1. The fourth-order valence-electron chi connectivity index (χ4n) is 4.51. The van der Waals surface area contributed by atoms with Gasteiger partial charge in [-0.25, -0.2) is 4.39 Å². The minimum atomic E-state index is -0.647. The molecular weight excluding hydrogens is 349 g/mol. The van der Waals surface area contributed by atoms with Crippen molar-refractivity contribution < 1.29 is 14.3 Å². The second kappa shape index (κ2) is 6.05. The molecule has 6 nitrogen and oxygen atoms in total. The fraction of sp³-hybridized carbons (Fsp3) is 0.500. The van der Waals surface area contributed by atoms with E-state index in [0.717, 1.165) is 17.7 Å². The summed E-state index contributed by atoms with van der Waals surface area (Å²) in [6, 6.07) is 6.22. The molecule has 1 aromatic carbocycles. The third-order valence-corrected chi connectivity index (χ3v) is 6.17. The van der Waals surface area contributed by atoms with Crippen LogP contribution in [0.3, 0.4) is 0 Å². The first-order chi connectivity index (χ1) is 12.8. The zero-order valence-corrected chi connectivity index (χ0v) is 15.6. The molecule has 0 saturated heterocycles. The maximum atomic E-state index is 13.5. The summed E-state index contributed by atoms with van der Waals surface area (Å²) in [7, 11) is 0. The van der Waals surface area contributed by atoms with E-state index in [1.807, 2.05) is 0 Å². The van der Waals surface area contributed by atoms with Gasteiger partial charge in [-0.15, -0.1) is 0 Å². The molecule has 0 radical (unpaired) electrons. The van der Waals surface area contributed by atoms with Gasteiger partial charge in [-0.2, -0.15) is 0 Å². The van der Waals surface area contributed by atoms with E-state index in [9.17, 15) is 14.0 Å². The van der Waals surface area contributed by atoms with Crippen LogP contribution in [0, 0.1) is 11.2 Å². The molecule has 1 aliphatic carbocycles. The average molecular weight is 373 g/mol. The molecule has 1 aromatic heterocycles. The van der Waals surface area contributed by atoms with Gasteiger partial charge in [-0.3, -0.25) is 19.4 Å². The van der Waals surface area contributed by atoms with Crippen LogP contribution in [0.25, 0.3) is 0 Å². The van der Waals surface area contributed by atoms with Crippen molar-refractivity contribution in [3.8, 4) is 0 Å². The summed E-state index contributed by atoms with van der Waals surface area (Å²) in [4.78, 5) is 27.6. The van der Waals surface area contributed by atoms with Gasteiger partial charge in [0, 0.05) is 12.1 Å². The molecule has 27 heavy (non-hydrogen) atoms. The van der Waals surface area contributed by atoms with Gasteiger partial charge in [-0.05, 0) is 36.0 Å². The molecule has 1 atom stereocenters. The zero-order valence-electron chi connectivity index (χ0n) is 15.6. The maximum Gasteiger partial charge on any atom is 0.270 e. The normalized spacial score (nSPS) is 23.2. The van der Waals surface area contributed by atoms with Gasteiger partial charge in [0.25, 0.3) is 5.56 Å². The molecular formula is C20H24FN3O3. The van der Waals surface area contributed by atoms with E-state index in [2.05, 4.69) is 18.9 Å². The van der Waals surface area contributed by atoms with E-state index in [4.69, 9.17) is 5.11 Å². The molecule has 0 bridgehead atoms. The molecule has 1 fully saturated rings. The van der Waals surface area contributed by atoms with Gasteiger partial charge in [0.15, 0.2) is 0 Å². The van der Waals surface area contributed by atoms with E-state index in [-0.39, 0.29) is 35.9 Å². The van der Waals surface area contributed by atoms with Gasteiger partial charge in [0.1, 0.15) is 5.82 Å². The minimum absolute atomic E-state index is 0.0283. The van der Waals surface area contributed by atoms with Crippen LogP contribution in [0.15, 0.2) is 29.1 Å². The molecule has 1 unspecified atom stereocenters. The van der Waals surface area contributed by atoms with Crippen molar-refractivity contribution in [2.24, 2.45) is 5.41 Å². The molecule has 0 spiro atoms. The number of H-pyrrole nitrogens is 1. The van der Waals surface area contributed by atoms with Crippen LogP contribution in [-0.2, 0) is 29.7 Å². The highest BCUT2D eigenvalue weighted by molar-refractivity contribution is 5.93. The first-order valence-electron chi connectivity index (χ1n) is 9.27. The summed E-state index contributed by atoms with van der Waals surface area (Å²) in [6.07, 6.45) is 1.21. The lowest BCUT2D eigenvalue weighted by atomic mass is 9.86. The standard InChI is InChI=1S/C20H24FN3O3/c1-19(2)12-20(19,13-3-5-14(21)6-4-13)18(27)23-8-7-15-16(11-23)22-24(9-10-25)17(15)26/h3-6,22,25H,7-12H2,1-2H3. The van der Waals surface area contributed by atoms with Crippen molar-refractivity contribution in [3.63, 3.8) is 0 Å². The van der Waals surface area contributed by atoms with E-state index >= 15 is 0 Å². The van der Waals surface area contributed by atoms with Crippen molar-refractivity contribution in [3.05, 3.63) is 57.3 Å². The molecule has 7 heteroatoms. The lowest BCUT2D eigenvalue weighted by Gasteiger charge is -2.32. The third kappa shape index (κ3) is 2.64. The van der Waals surface area contributed by atoms with Crippen LogP contribution in [0.5, 0.6) is 0 Å². The van der Waals surface area contributed by atoms with Gasteiger partial charge < -0.3 is 10.0 Å². The van der Waals surface area contributed by atoms with E-state index in [0.29, 0.717) is 25.1 Å². The smallest absolute Gasteiger partial charge is 0.270 e. The average Bonchev–Trinajstić information content (AvgIpc) is 3.10. The van der Waals surface area contributed by atoms with Crippen LogP contribution < -0.4 is 5.56 Å². The Morgan fingerprint density at radius 3 is 2.56 bits per heavy atom. The van der Waals surface area contributed by atoms with Crippen LogP contribution in [-0.4, -0.2) is 38.8 Å². The number of benzene rings is 1. The molecule has 1 saturated carbocycles. The molecule has 2 heterocycles. The summed E-state index contributed by atoms with van der Waals surface area (Å²) in [5.41, 5.74) is 1.31. The fourth-order valence-corrected chi connectivity index (χ4v) is 4.51. The summed E-state index contributed by atoms with van der Waals surface area (Å²) >= 11 is 0. The Morgan fingerprint density at radius 2 is 1.96 bits per heavy atom. The number of amides is 1. The monoisotopic (exact) mass is 373 g/mol. The van der Waals surface area contributed by atoms with E-state index in [1.54, 1.807) is 17.0 Å². The summed E-state index contributed by atoms with van der Waals surface area (Å²) in [5, 5.41) is 12.1. The SMILES string of the molecule is CC1(C)CC1(C(=O)N1CCc2c([nH]n(CCO)c2=O)C1)c1ccc(F)cc1. The van der Waals surface area contributed by atoms with Crippen molar-refractivity contribution >= 4 is 5.91 Å². The molecule has 2 aliphatic rings. The van der Waals surface area contributed by atoms with Gasteiger partial charge in [0.2, 0.25) is 5.91 Å². The molecule has 144 valence electrons. The number of carbonyl (C=O) groups excluding carboxylic acids is 1. The van der Waals surface area contributed by atoms with Crippen LogP contribution in [0.4, 0.5) is 4.39 Å². The van der Waals surface area contributed by atoms with Crippen molar-refractivity contribution in [1.29, 1.82) is 0 Å². The van der Waals surface area contributed by atoms with Crippen molar-refractivity contribution in [2.75, 3.05) is 13.2 Å². The Labute approximate surface area is 156 Å². The Bertz CT molecular complexity index is 944. The first kappa shape index (κ1) is 18.0. The topological polar surface area (TPSA) is 78.3 Å². The second-order valence-corrected chi connectivity index (χ2v) is 8.20. The molecule has 2 aromatic rings. The molecule has 1 amide bonds. The Hall–Kier alpha value is -2.41. The number of aromatic nitrogens is 2. The number of nitrogens with zero attached hydrogens (tertiary/aromatic N) is 2. The molecule has 1 aliphatic heterocycles. The number of hydrogen-bond acceptors (Lipinski definition) is 3. The van der Waals surface area contributed by atoms with E-state index < -0.39 is 5.41 Å². The van der Waals surface area contributed by atoms with Crippen LogP contribution >= 0.6 is 0 Å². The highest BCUT2D eigenvalue weighted by Crippen LogP contribution is 2.65. The van der Waals surface area contributed by atoms with Crippen LogP contribution in [0.2, 0.25) is 0 Å². The molecule has 2 N–H and O–H groups in total. The number of rotatable bonds is 4. The largest absolute Gasteiger partial charge is 0.394 e. The predicted octanol–water partition coefficient (Wildman–Crippen LogP) is 1.56. The summed E-state index contributed by atoms with van der Waals surface area (Å²) < 4.78 is 14.8. The Kier molecular flexibility index (Phi) is 4.03. The zero-order chi connectivity index (χ0) is 19.4.